The van der Waals surface area contributed by atoms with E-state index in [2.05, 4.69) is 24.5 Å². The van der Waals surface area contributed by atoms with Gasteiger partial charge in [0.25, 0.3) is 11.8 Å². The summed E-state index contributed by atoms with van der Waals surface area (Å²) in [6.45, 7) is 4.83. The van der Waals surface area contributed by atoms with E-state index in [4.69, 9.17) is 27.9 Å². The maximum absolute atomic E-state index is 13.4. The summed E-state index contributed by atoms with van der Waals surface area (Å²) in [6, 6.07) is 2.61. The molecule has 2 unspecified atom stereocenters. The third kappa shape index (κ3) is 7.69. The second-order valence-corrected chi connectivity index (χ2v) is 14.8. The topological polar surface area (TPSA) is 102 Å². The summed E-state index contributed by atoms with van der Waals surface area (Å²) in [4.78, 5) is 27.8. The van der Waals surface area contributed by atoms with Crippen molar-refractivity contribution in [2.24, 2.45) is 5.92 Å². The summed E-state index contributed by atoms with van der Waals surface area (Å²) in [5.41, 5.74) is 1.62. The van der Waals surface area contributed by atoms with E-state index < -0.39 is 21.8 Å². The number of hydrogen-bond donors (Lipinski definition) is 2. The van der Waals surface area contributed by atoms with E-state index in [-0.39, 0.29) is 33.0 Å². The van der Waals surface area contributed by atoms with Gasteiger partial charge in [-0.25, -0.2) is 8.42 Å². The molecule has 39 heavy (non-hydrogen) atoms. The van der Waals surface area contributed by atoms with Crippen LogP contribution in [0.15, 0.2) is 12.1 Å². The Morgan fingerprint density at radius 2 is 1.79 bits per heavy atom. The summed E-state index contributed by atoms with van der Waals surface area (Å²) in [5.74, 6) is 0.0617. The molecule has 2 heterocycles. The van der Waals surface area contributed by atoms with Crippen LogP contribution in [0.1, 0.15) is 89.9 Å². The fourth-order valence-electron chi connectivity index (χ4n) is 5.13. The van der Waals surface area contributed by atoms with Gasteiger partial charge in [0.15, 0.2) is 15.6 Å². The molecule has 2 amide bonds. The van der Waals surface area contributed by atoms with E-state index in [1.807, 2.05) is 0 Å². The van der Waals surface area contributed by atoms with Gasteiger partial charge < -0.3 is 15.4 Å². The van der Waals surface area contributed by atoms with E-state index in [9.17, 15) is 18.0 Å². The van der Waals surface area contributed by atoms with Crippen LogP contribution in [0.2, 0.25) is 10.0 Å². The molecule has 0 saturated carbocycles. The molecule has 1 aliphatic heterocycles. The van der Waals surface area contributed by atoms with E-state index in [0.717, 1.165) is 49.0 Å². The summed E-state index contributed by atoms with van der Waals surface area (Å²) in [5, 5.41) is 6.76. The molecule has 2 N–H and O–H groups in total. The molecule has 11 heteroatoms. The van der Waals surface area contributed by atoms with Gasteiger partial charge in [-0.3, -0.25) is 9.59 Å². The highest BCUT2D eigenvalue weighted by Crippen LogP contribution is 2.41. The van der Waals surface area contributed by atoms with Crippen molar-refractivity contribution in [2.75, 3.05) is 23.4 Å². The van der Waals surface area contributed by atoms with Gasteiger partial charge in [-0.1, -0.05) is 62.7 Å². The number of carbonyl (C=O) groups excluding carboxylic acids is 2. The predicted molar refractivity (Wildman–Crippen MR) is 159 cm³/mol. The molecule has 0 spiro atoms. The van der Waals surface area contributed by atoms with Gasteiger partial charge in [0.2, 0.25) is 0 Å². The van der Waals surface area contributed by atoms with Gasteiger partial charge in [0.05, 0.1) is 33.7 Å². The number of halogens is 2. The number of rotatable bonds is 11. The summed E-state index contributed by atoms with van der Waals surface area (Å²) in [6.07, 6.45) is 8.39. The van der Waals surface area contributed by atoms with Gasteiger partial charge >= 0.3 is 0 Å². The van der Waals surface area contributed by atoms with Crippen LogP contribution >= 0.6 is 34.5 Å². The van der Waals surface area contributed by atoms with E-state index in [0.29, 0.717) is 35.3 Å². The summed E-state index contributed by atoms with van der Waals surface area (Å²) < 4.78 is 29.6. The van der Waals surface area contributed by atoms with Crippen LogP contribution in [0.25, 0.3) is 0 Å². The second-order valence-electron chi connectivity index (χ2n) is 10.6. The van der Waals surface area contributed by atoms with Crippen molar-refractivity contribution < 1.29 is 22.7 Å². The molecule has 1 fully saturated rings. The van der Waals surface area contributed by atoms with E-state index in [1.165, 1.54) is 36.3 Å². The Morgan fingerprint density at radius 3 is 2.46 bits per heavy atom. The third-order valence-electron chi connectivity index (χ3n) is 7.29. The SMILES string of the molecule is CCCCCCCOc1c(Cl)cc(C(=O)Nc2sc3c(c2C(=O)NC2CCS(=O)(=O)C2)CCC(C)C3)cc1Cl. The van der Waals surface area contributed by atoms with Crippen LogP contribution in [-0.4, -0.2) is 44.4 Å². The standard InChI is InChI=1S/C28H36Cl2N2O5S2/c1-3-4-5-6-7-11-37-25-21(29)14-18(15-22(25)30)26(33)32-28-24(20-9-8-17(2)13-23(20)38-28)27(34)31-19-10-12-39(35,36)16-19/h14-15,17,19H,3-13,16H2,1-2H3,(H,31,34)(H,32,33). The van der Waals surface area contributed by atoms with Crippen LogP contribution in [0.5, 0.6) is 5.75 Å². The first-order chi connectivity index (χ1) is 18.6. The highest BCUT2D eigenvalue weighted by molar-refractivity contribution is 7.91. The maximum atomic E-state index is 13.4. The number of thiophene rings is 1. The lowest BCUT2D eigenvalue weighted by molar-refractivity contribution is 0.0941. The fraction of sp³-hybridized carbons (Fsp3) is 0.571. The molecule has 1 aromatic heterocycles. The van der Waals surface area contributed by atoms with Crippen LogP contribution < -0.4 is 15.4 Å². The highest BCUT2D eigenvalue weighted by atomic mass is 35.5. The Labute approximate surface area is 244 Å². The molecule has 0 radical (unpaired) electrons. The van der Waals surface area contributed by atoms with Crippen molar-refractivity contribution in [2.45, 2.75) is 77.7 Å². The molecule has 4 rings (SSSR count). The smallest absolute Gasteiger partial charge is 0.256 e. The van der Waals surface area contributed by atoms with Crippen molar-refractivity contribution in [3.8, 4) is 5.75 Å². The Bertz CT molecular complexity index is 1300. The van der Waals surface area contributed by atoms with Crippen molar-refractivity contribution in [3.63, 3.8) is 0 Å². The molecular weight excluding hydrogens is 579 g/mol. The van der Waals surface area contributed by atoms with Crippen molar-refractivity contribution in [3.05, 3.63) is 43.7 Å². The number of amides is 2. The first kappa shape index (κ1) is 30.2. The second kappa shape index (κ2) is 13.2. The lowest BCUT2D eigenvalue weighted by atomic mass is 9.88. The van der Waals surface area contributed by atoms with Crippen molar-refractivity contribution in [1.82, 2.24) is 5.32 Å². The quantitative estimate of drug-likeness (QED) is 0.274. The zero-order valence-corrected chi connectivity index (χ0v) is 25.6. The Balaban J connectivity index is 1.50. The number of fused-ring (bicyclic) bond motifs is 1. The molecule has 2 aliphatic rings. The lowest BCUT2D eigenvalue weighted by Gasteiger charge is -2.19. The average molecular weight is 616 g/mol. The minimum absolute atomic E-state index is 0.0616. The van der Waals surface area contributed by atoms with Crippen LogP contribution in [0.3, 0.4) is 0 Å². The number of sulfone groups is 1. The van der Waals surface area contributed by atoms with Gasteiger partial charge in [-0.2, -0.15) is 0 Å². The Kier molecular flexibility index (Phi) is 10.2. The molecule has 1 aliphatic carbocycles. The van der Waals surface area contributed by atoms with Gasteiger partial charge in [0.1, 0.15) is 5.00 Å². The molecule has 2 aromatic rings. The third-order valence-corrected chi connectivity index (χ3v) is 10.8. The molecule has 0 bridgehead atoms. The summed E-state index contributed by atoms with van der Waals surface area (Å²) >= 11 is 14.3. The van der Waals surface area contributed by atoms with Crippen LogP contribution in [0.4, 0.5) is 5.00 Å². The highest BCUT2D eigenvalue weighted by Gasteiger charge is 2.33. The van der Waals surface area contributed by atoms with Crippen molar-refractivity contribution >= 4 is 61.2 Å². The van der Waals surface area contributed by atoms with E-state index in [1.54, 1.807) is 0 Å². The molecule has 2 atom stereocenters. The first-order valence-electron chi connectivity index (χ1n) is 13.7. The normalized spacial score (nSPS) is 19.9. The average Bonchev–Trinajstić information content (AvgIpc) is 3.40. The van der Waals surface area contributed by atoms with Crippen molar-refractivity contribution in [1.29, 1.82) is 0 Å². The number of nitrogens with one attached hydrogen (secondary N) is 2. The Morgan fingerprint density at radius 1 is 1.08 bits per heavy atom. The fourth-order valence-corrected chi connectivity index (χ4v) is 8.80. The zero-order chi connectivity index (χ0) is 28.2. The minimum Gasteiger partial charge on any atom is -0.490 e. The van der Waals surface area contributed by atoms with Crippen LogP contribution in [-0.2, 0) is 22.7 Å². The molecular formula is C28H36Cl2N2O5S2. The van der Waals surface area contributed by atoms with Gasteiger partial charge in [-0.15, -0.1) is 11.3 Å². The van der Waals surface area contributed by atoms with Gasteiger partial charge in [-0.05, 0) is 55.7 Å². The number of ether oxygens (including phenoxy) is 1. The molecule has 1 saturated heterocycles. The monoisotopic (exact) mass is 614 g/mol. The number of anilines is 1. The van der Waals surface area contributed by atoms with Gasteiger partial charge in [0, 0.05) is 16.5 Å². The lowest BCUT2D eigenvalue weighted by Crippen LogP contribution is -2.36. The largest absolute Gasteiger partial charge is 0.490 e. The number of unbranched alkanes of at least 4 members (excludes halogenated alkanes) is 4. The number of carbonyl (C=O) groups is 2. The predicted octanol–water partition coefficient (Wildman–Crippen LogP) is 6.70. The molecule has 214 valence electrons. The first-order valence-corrected chi connectivity index (χ1v) is 17.1. The number of hydrogen-bond acceptors (Lipinski definition) is 6. The zero-order valence-electron chi connectivity index (χ0n) is 22.4. The molecule has 1 aromatic carbocycles. The van der Waals surface area contributed by atoms with E-state index >= 15 is 0 Å². The minimum atomic E-state index is -3.14. The number of benzene rings is 1. The summed E-state index contributed by atoms with van der Waals surface area (Å²) in [7, 11) is -3.14. The molecule has 7 nitrogen and oxygen atoms in total. The Hall–Kier alpha value is -1.81. The maximum Gasteiger partial charge on any atom is 0.256 e. The van der Waals surface area contributed by atoms with Crippen LogP contribution in [0, 0.1) is 5.92 Å².